The van der Waals surface area contributed by atoms with Crippen LogP contribution in [-0.2, 0) is 20.6 Å². The Morgan fingerprint density at radius 3 is 2.56 bits per heavy atom. The molecule has 0 fully saturated rings. The zero-order chi connectivity index (χ0) is 19.4. The molecule has 2 aromatic rings. The van der Waals surface area contributed by atoms with E-state index in [1.807, 2.05) is 12.1 Å². The van der Waals surface area contributed by atoms with Crippen molar-refractivity contribution in [3.63, 3.8) is 0 Å². The average Bonchev–Trinajstić information content (AvgIpc) is 2.84. The second-order valence-corrected chi connectivity index (χ2v) is 9.08. The minimum absolute atomic E-state index is 0.0448. The Labute approximate surface area is 163 Å². The van der Waals surface area contributed by atoms with Crippen LogP contribution in [0.3, 0.4) is 0 Å². The zero-order valence-corrected chi connectivity index (χ0v) is 16.5. The molecule has 0 aliphatic carbocycles. The Bertz CT molecular complexity index is 973. The van der Waals surface area contributed by atoms with Gasteiger partial charge in [-0.2, -0.15) is 11.8 Å². The molecule has 2 aromatic carbocycles. The van der Waals surface area contributed by atoms with Crippen LogP contribution in [0.4, 0.5) is 0 Å². The third-order valence-corrected chi connectivity index (χ3v) is 7.08. The molecule has 0 atom stereocenters. The van der Waals surface area contributed by atoms with Crippen LogP contribution in [-0.4, -0.2) is 43.4 Å². The van der Waals surface area contributed by atoms with Crippen molar-refractivity contribution < 1.29 is 18.0 Å². The molecule has 0 aromatic heterocycles. The topological polar surface area (TPSA) is 83.6 Å². The number of nitrogens with one attached hydrogen (secondary N) is 1. The van der Waals surface area contributed by atoms with Crippen LogP contribution in [0.2, 0.25) is 0 Å². The van der Waals surface area contributed by atoms with Crippen molar-refractivity contribution in [1.82, 2.24) is 9.62 Å². The minimum atomic E-state index is -3.95. The molecule has 3 rings (SSSR count). The average molecular weight is 405 g/mol. The number of sulfonamides is 1. The van der Waals surface area contributed by atoms with Gasteiger partial charge in [0.25, 0.3) is 15.9 Å². The van der Waals surface area contributed by atoms with E-state index in [2.05, 4.69) is 24.4 Å². The first kappa shape index (κ1) is 19.4. The van der Waals surface area contributed by atoms with Crippen LogP contribution >= 0.6 is 11.8 Å². The van der Waals surface area contributed by atoms with Gasteiger partial charge in [-0.3, -0.25) is 9.59 Å². The number of hydrogen-bond donors (Lipinski definition) is 1. The van der Waals surface area contributed by atoms with Crippen molar-refractivity contribution in [3.05, 3.63) is 65.2 Å². The van der Waals surface area contributed by atoms with Crippen molar-refractivity contribution in [3.8, 4) is 0 Å². The van der Waals surface area contributed by atoms with E-state index in [4.69, 9.17) is 0 Å². The van der Waals surface area contributed by atoms with E-state index in [9.17, 15) is 18.0 Å². The number of carbonyl (C=O) groups excluding carboxylic acids is 2. The van der Waals surface area contributed by atoms with Gasteiger partial charge in [-0.25, -0.2) is 12.7 Å². The SMILES string of the molecule is Cc1ccccc1CSCCNC(=O)CN1C(=O)c2ccccc2S1(=O)=O. The lowest BCUT2D eigenvalue weighted by atomic mass is 10.1. The number of hydrogen-bond acceptors (Lipinski definition) is 5. The lowest BCUT2D eigenvalue weighted by Crippen LogP contribution is -2.40. The predicted molar refractivity (Wildman–Crippen MR) is 105 cm³/mol. The van der Waals surface area contributed by atoms with Crippen LogP contribution in [0.1, 0.15) is 21.5 Å². The molecule has 1 aliphatic heterocycles. The number of nitrogens with zero attached hydrogens (tertiary/aromatic N) is 1. The molecule has 1 N–H and O–H groups in total. The van der Waals surface area contributed by atoms with Gasteiger partial charge < -0.3 is 5.32 Å². The molecule has 8 heteroatoms. The van der Waals surface area contributed by atoms with Gasteiger partial charge in [-0.05, 0) is 30.2 Å². The van der Waals surface area contributed by atoms with Crippen molar-refractivity contribution in [1.29, 1.82) is 0 Å². The number of aryl methyl sites for hydroxylation is 1. The van der Waals surface area contributed by atoms with E-state index >= 15 is 0 Å². The summed E-state index contributed by atoms with van der Waals surface area (Å²) in [6, 6.07) is 14.1. The van der Waals surface area contributed by atoms with Gasteiger partial charge in [0.1, 0.15) is 11.4 Å². The molecule has 0 saturated heterocycles. The second-order valence-electron chi connectivity index (χ2n) is 6.14. The summed E-state index contributed by atoms with van der Waals surface area (Å²) < 4.78 is 25.5. The lowest BCUT2D eigenvalue weighted by molar-refractivity contribution is -0.120. The Kier molecular flexibility index (Phi) is 5.86. The Morgan fingerprint density at radius 1 is 1.11 bits per heavy atom. The van der Waals surface area contributed by atoms with Gasteiger partial charge in [0.05, 0.1) is 5.56 Å². The zero-order valence-electron chi connectivity index (χ0n) is 14.8. The maximum Gasteiger partial charge on any atom is 0.269 e. The maximum absolute atomic E-state index is 12.4. The third kappa shape index (κ3) is 4.17. The summed E-state index contributed by atoms with van der Waals surface area (Å²) in [5.74, 6) is 0.392. The standard InChI is InChI=1S/C19H20N2O4S2/c1-14-6-2-3-7-15(14)13-26-11-10-20-18(22)12-21-19(23)16-8-4-5-9-17(16)27(21,24)25/h2-9H,10-13H2,1H3,(H,20,22). The first-order valence-electron chi connectivity index (χ1n) is 8.46. The van der Waals surface area contributed by atoms with E-state index in [1.165, 1.54) is 23.3 Å². The minimum Gasteiger partial charge on any atom is -0.354 e. The monoisotopic (exact) mass is 404 g/mol. The van der Waals surface area contributed by atoms with E-state index in [-0.39, 0.29) is 10.5 Å². The highest BCUT2D eigenvalue weighted by atomic mass is 32.2. The molecule has 6 nitrogen and oxygen atoms in total. The van der Waals surface area contributed by atoms with E-state index < -0.39 is 28.4 Å². The lowest BCUT2D eigenvalue weighted by Gasteiger charge is -2.14. The highest BCUT2D eigenvalue weighted by molar-refractivity contribution is 7.98. The molecular weight excluding hydrogens is 384 g/mol. The largest absolute Gasteiger partial charge is 0.354 e. The van der Waals surface area contributed by atoms with E-state index in [0.29, 0.717) is 16.6 Å². The number of rotatable bonds is 7. The Balaban J connectivity index is 1.48. The quantitative estimate of drug-likeness (QED) is 0.715. The Morgan fingerprint density at radius 2 is 1.81 bits per heavy atom. The first-order valence-corrected chi connectivity index (χ1v) is 11.1. The normalized spacial score (nSPS) is 14.9. The van der Waals surface area contributed by atoms with Gasteiger partial charge in [0.2, 0.25) is 5.91 Å². The van der Waals surface area contributed by atoms with Crippen LogP contribution < -0.4 is 5.32 Å². The number of benzene rings is 2. The summed E-state index contributed by atoms with van der Waals surface area (Å²) in [4.78, 5) is 24.3. The van der Waals surface area contributed by atoms with E-state index in [1.54, 1.807) is 23.9 Å². The summed E-state index contributed by atoms with van der Waals surface area (Å²) in [6.07, 6.45) is 0. The molecule has 0 radical (unpaired) electrons. The van der Waals surface area contributed by atoms with Crippen molar-refractivity contribution in [2.45, 2.75) is 17.6 Å². The molecule has 1 heterocycles. The van der Waals surface area contributed by atoms with Crippen molar-refractivity contribution in [2.24, 2.45) is 0 Å². The second kappa shape index (κ2) is 8.14. The molecular formula is C19H20N2O4S2. The predicted octanol–water partition coefficient (Wildman–Crippen LogP) is 2.19. The number of carbonyl (C=O) groups is 2. The summed E-state index contributed by atoms with van der Waals surface area (Å²) in [6.45, 7) is 1.96. The Hall–Kier alpha value is -2.32. The van der Waals surface area contributed by atoms with Gasteiger partial charge >= 0.3 is 0 Å². The number of fused-ring (bicyclic) bond motifs is 1. The third-order valence-electron chi connectivity index (χ3n) is 4.29. The summed E-state index contributed by atoms with van der Waals surface area (Å²) in [5.41, 5.74) is 2.59. The first-order chi connectivity index (χ1) is 12.9. The molecule has 2 amide bonds. The van der Waals surface area contributed by atoms with Crippen molar-refractivity contribution >= 4 is 33.6 Å². The molecule has 0 bridgehead atoms. The summed E-state index contributed by atoms with van der Waals surface area (Å²) in [7, 11) is -3.95. The molecule has 0 saturated carbocycles. The fourth-order valence-corrected chi connectivity index (χ4v) is 5.25. The summed E-state index contributed by atoms with van der Waals surface area (Å²) >= 11 is 1.68. The summed E-state index contributed by atoms with van der Waals surface area (Å²) in [5, 5.41) is 2.68. The fraction of sp³-hybridized carbons (Fsp3) is 0.263. The van der Waals surface area contributed by atoms with Gasteiger partial charge in [0, 0.05) is 18.1 Å². The smallest absolute Gasteiger partial charge is 0.269 e. The van der Waals surface area contributed by atoms with Gasteiger partial charge in [0.15, 0.2) is 0 Å². The fourth-order valence-electron chi connectivity index (χ4n) is 2.79. The molecule has 1 aliphatic rings. The number of thioether (sulfide) groups is 1. The molecule has 142 valence electrons. The van der Waals surface area contributed by atoms with Crippen LogP contribution in [0.25, 0.3) is 0 Å². The number of amides is 2. The molecule has 27 heavy (non-hydrogen) atoms. The van der Waals surface area contributed by atoms with E-state index in [0.717, 1.165) is 5.75 Å². The maximum atomic E-state index is 12.4. The van der Waals surface area contributed by atoms with Gasteiger partial charge in [-0.1, -0.05) is 36.4 Å². The van der Waals surface area contributed by atoms with Crippen LogP contribution in [0.5, 0.6) is 0 Å². The highest BCUT2D eigenvalue weighted by Gasteiger charge is 2.41. The molecule has 0 spiro atoms. The van der Waals surface area contributed by atoms with Crippen LogP contribution in [0, 0.1) is 6.92 Å². The molecule has 0 unspecified atom stereocenters. The van der Waals surface area contributed by atoms with Crippen molar-refractivity contribution in [2.75, 3.05) is 18.8 Å². The highest BCUT2D eigenvalue weighted by Crippen LogP contribution is 2.29. The van der Waals surface area contributed by atoms with Gasteiger partial charge in [-0.15, -0.1) is 0 Å². The van der Waals surface area contributed by atoms with Crippen LogP contribution in [0.15, 0.2) is 53.4 Å².